The lowest BCUT2D eigenvalue weighted by atomic mass is 10.2. The van der Waals surface area contributed by atoms with Crippen molar-refractivity contribution in [2.24, 2.45) is 0 Å². The quantitative estimate of drug-likeness (QED) is 0.926. The zero-order valence-corrected chi connectivity index (χ0v) is 12.8. The molecule has 2 aromatic rings. The lowest BCUT2D eigenvalue weighted by molar-refractivity contribution is 0.647. The van der Waals surface area contributed by atoms with Gasteiger partial charge in [-0.3, -0.25) is 0 Å². The van der Waals surface area contributed by atoms with Gasteiger partial charge in [0.2, 0.25) is 0 Å². The van der Waals surface area contributed by atoms with Gasteiger partial charge >= 0.3 is 0 Å². The third-order valence-electron chi connectivity index (χ3n) is 3.91. The van der Waals surface area contributed by atoms with Crippen molar-refractivity contribution in [3.63, 3.8) is 0 Å². The first-order chi connectivity index (χ1) is 10.1. The van der Waals surface area contributed by atoms with E-state index >= 15 is 0 Å². The standard InChI is InChI=1S/C16H19ClN4/c1-12-11-19-16(10-15(12)18)21-7-5-20(6-8-21)14-4-2-3-13(17)9-14/h2-4,9-11H,5-8H2,1H3,(H2,18,19). The predicted molar refractivity (Wildman–Crippen MR) is 89.3 cm³/mol. The topological polar surface area (TPSA) is 45.4 Å². The van der Waals surface area contributed by atoms with Crippen LogP contribution >= 0.6 is 11.6 Å². The average Bonchev–Trinajstić information content (AvgIpc) is 2.50. The zero-order chi connectivity index (χ0) is 14.8. The first kappa shape index (κ1) is 14.0. The van der Waals surface area contributed by atoms with Crippen LogP contribution in [0.2, 0.25) is 5.02 Å². The van der Waals surface area contributed by atoms with Crippen molar-refractivity contribution in [2.45, 2.75) is 6.92 Å². The molecule has 110 valence electrons. The normalized spacial score (nSPS) is 15.3. The van der Waals surface area contributed by atoms with E-state index in [9.17, 15) is 0 Å². The van der Waals surface area contributed by atoms with Crippen LogP contribution < -0.4 is 15.5 Å². The Bertz CT molecular complexity index is 636. The van der Waals surface area contributed by atoms with E-state index in [0.29, 0.717) is 0 Å². The molecule has 5 heteroatoms. The third kappa shape index (κ3) is 3.05. The Hall–Kier alpha value is -1.94. The number of rotatable bonds is 2. The number of aryl methyl sites for hydroxylation is 1. The van der Waals surface area contributed by atoms with Crippen LogP contribution in [-0.4, -0.2) is 31.2 Å². The Kier molecular flexibility index (Phi) is 3.88. The Morgan fingerprint density at radius 2 is 1.81 bits per heavy atom. The summed E-state index contributed by atoms with van der Waals surface area (Å²) in [6, 6.07) is 9.97. The van der Waals surface area contributed by atoms with E-state index in [4.69, 9.17) is 17.3 Å². The summed E-state index contributed by atoms with van der Waals surface area (Å²) in [4.78, 5) is 9.10. The molecule has 0 unspecified atom stereocenters. The van der Waals surface area contributed by atoms with Gasteiger partial charge in [-0.25, -0.2) is 4.98 Å². The van der Waals surface area contributed by atoms with Gasteiger partial charge in [0.1, 0.15) is 5.82 Å². The van der Waals surface area contributed by atoms with Gasteiger partial charge in [-0.15, -0.1) is 0 Å². The van der Waals surface area contributed by atoms with Crippen LogP contribution in [0.25, 0.3) is 0 Å². The van der Waals surface area contributed by atoms with Crippen molar-refractivity contribution in [1.82, 2.24) is 4.98 Å². The molecule has 0 amide bonds. The zero-order valence-electron chi connectivity index (χ0n) is 12.1. The summed E-state index contributed by atoms with van der Waals surface area (Å²) in [5, 5.41) is 0.780. The van der Waals surface area contributed by atoms with Crippen molar-refractivity contribution >= 4 is 28.8 Å². The maximum atomic E-state index is 6.06. The number of pyridine rings is 1. The predicted octanol–water partition coefficient (Wildman–Crippen LogP) is 2.95. The maximum Gasteiger partial charge on any atom is 0.130 e. The van der Waals surface area contributed by atoms with Crippen molar-refractivity contribution < 1.29 is 0 Å². The van der Waals surface area contributed by atoms with E-state index in [1.807, 2.05) is 37.4 Å². The van der Waals surface area contributed by atoms with Crippen LogP contribution in [0, 0.1) is 6.92 Å². The van der Waals surface area contributed by atoms with Crippen molar-refractivity contribution in [3.8, 4) is 0 Å². The Morgan fingerprint density at radius 1 is 1.10 bits per heavy atom. The van der Waals surface area contributed by atoms with E-state index < -0.39 is 0 Å². The van der Waals surface area contributed by atoms with Gasteiger partial charge in [0, 0.05) is 54.8 Å². The summed E-state index contributed by atoms with van der Waals surface area (Å²) in [6.07, 6.45) is 1.84. The number of piperazine rings is 1. The van der Waals surface area contributed by atoms with E-state index in [1.165, 1.54) is 5.69 Å². The second-order valence-electron chi connectivity index (χ2n) is 5.35. The van der Waals surface area contributed by atoms with Crippen molar-refractivity contribution in [3.05, 3.63) is 47.1 Å². The van der Waals surface area contributed by atoms with Crippen LogP contribution in [0.15, 0.2) is 36.5 Å². The molecule has 2 N–H and O–H groups in total. The molecular weight excluding hydrogens is 284 g/mol. The number of benzene rings is 1. The van der Waals surface area contributed by atoms with Gasteiger partial charge < -0.3 is 15.5 Å². The summed E-state index contributed by atoms with van der Waals surface area (Å²) in [6.45, 7) is 5.75. The molecule has 4 nitrogen and oxygen atoms in total. The highest BCUT2D eigenvalue weighted by Crippen LogP contribution is 2.23. The number of hydrogen-bond donors (Lipinski definition) is 1. The number of hydrogen-bond acceptors (Lipinski definition) is 4. The summed E-state index contributed by atoms with van der Waals surface area (Å²) >= 11 is 6.06. The molecule has 0 radical (unpaired) electrons. The van der Waals surface area contributed by atoms with Crippen LogP contribution in [0.5, 0.6) is 0 Å². The Morgan fingerprint density at radius 3 is 2.48 bits per heavy atom. The Balaban J connectivity index is 1.68. The molecule has 1 aliphatic rings. The summed E-state index contributed by atoms with van der Waals surface area (Å²) in [5.74, 6) is 0.962. The molecule has 1 aliphatic heterocycles. The van der Waals surface area contributed by atoms with Crippen molar-refractivity contribution in [1.29, 1.82) is 0 Å². The van der Waals surface area contributed by atoms with Crippen LogP contribution in [-0.2, 0) is 0 Å². The van der Waals surface area contributed by atoms with E-state index in [-0.39, 0.29) is 0 Å². The molecule has 1 saturated heterocycles. The number of nitrogens with zero attached hydrogens (tertiary/aromatic N) is 3. The molecule has 0 aliphatic carbocycles. The van der Waals surface area contributed by atoms with Gasteiger partial charge in [-0.1, -0.05) is 17.7 Å². The van der Waals surface area contributed by atoms with Crippen LogP contribution in [0.1, 0.15) is 5.56 Å². The average molecular weight is 303 g/mol. The highest BCUT2D eigenvalue weighted by Gasteiger charge is 2.18. The highest BCUT2D eigenvalue weighted by atomic mass is 35.5. The van der Waals surface area contributed by atoms with Crippen molar-refractivity contribution in [2.75, 3.05) is 41.7 Å². The molecule has 1 fully saturated rings. The fourth-order valence-corrected chi connectivity index (χ4v) is 2.75. The molecule has 0 spiro atoms. The van der Waals surface area contributed by atoms with Gasteiger partial charge in [0.05, 0.1) is 0 Å². The van der Waals surface area contributed by atoms with Gasteiger partial charge in [-0.05, 0) is 30.7 Å². The number of nitrogens with two attached hydrogens (primary N) is 1. The molecule has 0 bridgehead atoms. The van der Waals surface area contributed by atoms with E-state index in [2.05, 4.69) is 20.9 Å². The molecule has 0 atom stereocenters. The lowest BCUT2D eigenvalue weighted by Crippen LogP contribution is -2.46. The van der Waals surface area contributed by atoms with E-state index in [0.717, 1.165) is 48.3 Å². The van der Waals surface area contributed by atoms with E-state index in [1.54, 1.807) is 0 Å². The first-order valence-electron chi connectivity index (χ1n) is 7.11. The minimum Gasteiger partial charge on any atom is -0.398 e. The Labute approximate surface area is 130 Å². The third-order valence-corrected chi connectivity index (χ3v) is 4.14. The largest absolute Gasteiger partial charge is 0.398 e. The maximum absolute atomic E-state index is 6.06. The van der Waals surface area contributed by atoms with Gasteiger partial charge in [0.15, 0.2) is 0 Å². The monoisotopic (exact) mass is 302 g/mol. The minimum absolute atomic E-state index is 0.780. The molecule has 1 aromatic carbocycles. The molecule has 2 heterocycles. The van der Waals surface area contributed by atoms with Crippen LogP contribution in [0.3, 0.4) is 0 Å². The highest BCUT2D eigenvalue weighted by molar-refractivity contribution is 6.30. The first-order valence-corrected chi connectivity index (χ1v) is 7.49. The SMILES string of the molecule is Cc1cnc(N2CCN(c3cccc(Cl)c3)CC2)cc1N. The smallest absolute Gasteiger partial charge is 0.130 e. The second-order valence-corrected chi connectivity index (χ2v) is 5.79. The molecule has 21 heavy (non-hydrogen) atoms. The fraction of sp³-hybridized carbons (Fsp3) is 0.312. The molecule has 0 saturated carbocycles. The minimum atomic E-state index is 0.780. The lowest BCUT2D eigenvalue weighted by Gasteiger charge is -2.36. The van der Waals surface area contributed by atoms with Gasteiger partial charge in [0.25, 0.3) is 0 Å². The molecule has 1 aromatic heterocycles. The molecular formula is C16H19ClN4. The molecule has 3 rings (SSSR count). The summed E-state index contributed by atoms with van der Waals surface area (Å²) in [7, 11) is 0. The second kappa shape index (κ2) is 5.82. The number of aromatic nitrogens is 1. The number of nitrogen functional groups attached to an aromatic ring is 1. The fourth-order valence-electron chi connectivity index (χ4n) is 2.57. The number of halogens is 1. The summed E-state index contributed by atoms with van der Waals surface area (Å²) in [5.41, 5.74) is 8.98. The van der Waals surface area contributed by atoms with Crippen LogP contribution in [0.4, 0.5) is 17.2 Å². The summed E-state index contributed by atoms with van der Waals surface area (Å²) < 4.78 is 0. The number of anilines is 3. The van der Waals surface area contributed by atoms with Gasteiger partial charge in [-0.2, -0.15) is 0 Å².